The number of carboxylic acid groups (broad SMARTS) is 1. The normalized spacial score (nSPS) is 15.9. The molecule has 2 heterocycles. The summed E-state index contributed by atoms with van der Waals surface area (Å²) in [6, 6.07) is 22.3. The zero-order chi connectivity index (χ0) is 23.9. The molecule has 1 unspecified atom stereocenters. The van der Waals surface area contributed by atoms with Crippen molar-refractivity contribution < 1.29 is 23.1 Å². The number of pyridine rings is 1. The van der Waals surface area contributed by atoms with E-state index < -0.39 is 22.0 Å². The van der Waals surface area contributed by atoms with E-state index >= 15 is 0 Å². The smallest absolute Gasteiger partial charge is 0.305 e. The van der Waals surface area contributed by atoms with Gasteiger partial charge in [-0.25, -0.2) is 8.42 Å². The van der Waals surface area contributed by atoms with Crippen molar-refractivity contribution in [3.63, 3.8) is 0 Å². The van der Waals surface area contributed by atoms with E-state index in [9.17, 15) is 18.3 Å². The molecule has 3 aromatic carbocycles. The summed E-state index contributed by atoms with van der Waals surface area (Å²) in [6.07, 6.45) is -0.330. The highest BCUT2D eigenvalue weighted by atomic mass is 32.2. The van der Waals surface area contributed by atoms with Crippen LogP contribution in [0, 0.1) is 6.92 Å². The van der Waals surface area contributed by atoms with Crippen LogP contribution in [0.4, 0.5) is 5.69 Å². The van der Waals surface area contributed by atoms with Crippen molar-refractivity contribution >= 4 is 32.6 Å². The molecule has 1 aliphatic heterocycles. The SMILES string of the molecule is C.Cc1cc(COc2ccc(N3C(CC(=O)O)c4ccccc4S3(=O)=O)cc2)c2ccccc2n1. The monoisotopic (exact) mass is 490 g/mol. The van der Waals surface area contributed by atoms with E-state index in [0.29, 0.717) is 23.6 Å². The maximum Gasteiger partial charge on any atom is 0.305 e. The second-order valence-electron chi connectivity index (χ2n) is 8.17. The van der Waals surface area contributed by atoms with Gasteiger partial charge in [0, 0.05) is 16.6 Å². The Kier molecular flexibility index (Phi) is 6.49. The van der Waals surface area contributed by atoms with Gasteiger partial charge < -0.3 is 9.84 Å². The van der Waals surface area contributed by atoms with Gasteiger partial charge in [0.1, 0.15) is 12.4 Å². The first-order chi connectivity index (χ1) is 16.3. The van der Waals surface area contributed by atoms with Gasteiger partial charge in [0.15, 0.2) is 0 Å². The number of benzene rings is 3. The lowest BCUT2D eigenvalue weighted by Crippen LogP contribution is -2.29. The van der Waals surface area contributed by atoms with Gasteiger partial charge in [-0.15, -0.1) is 0 Å². The Labute approximate surface area is 204 Å². The molecule has 8 heteroatoms. The summed E-state index contributed by atoms with van der Waals surface area (Å²) >= 11 is 0. The van der Waals surface area contributed by atoms with E-state index in [4.69, 9.17) is 4.74 Å². The quantitative estimate of drug-likeness (QED) is 0.384. The van der Waals surface area contributed by atoms with Crippen molar-refractivity contribution in [3.8, 4) is 5.75 Å². The Morgan fingerprint density at radius 2 is 1.71 bits per heavy atom. The summed E-state index contributed by atoms with van der Waals surface area (Å²) in [5, 5.41) is 10.4. The van der Waals surface area contributed by atoms with Crippen LogP contribution in [0.2, 0.25) is 0 Å². The molecule has 35 heavy (non-hydrogen) atoms. The van der Waals surface area contributed by atoms with Gasteiger partial charge in [-0.1, -0.05) is 43.8 Å². The number of para-hydroxylation sites is 1. The maximum absolute atomic E-state index is 13.2. The fourth-order valence-electron chi connectivity index (χ4n) is 4.43. The predicted octanol–water partition coefficient (Wildman–Crippen LogP) is 5.48. The number of aromatic nitrogens is 1. The summed E-state index contributed by atoms with van der Waals surface area (Å²) in [5.41, 5.74) is 3.69. The summed E-state index contributed by atoms with van der Waals surface area (Å²) in [4.78, 5) is 16.2. The molecule has 4 aromatic rings. The number of carboxylic acids is 1. The molecule has 7 nitrogen and oxygen atoms in total. The first-order valence-corrected chi connectivity index (χ1v) is 12.2. The van der Waals surface area contributed by atoms with Crippen LogP contribution in [0.15, 0.2) is 83.8 Å². The van der Waals surface area contributed by atoms with E-state index in [-0.39, 0.29) is 18.7 Å². The minimum absolute atomic E-state index is 0. The molecule has 1 atom stereocenters. The number of anilines is 1. The molecule has 0 amide bonds. The molecule has 5 rings (SSSR count). The van der Waals surface area contributed by atoms with Crippen LogP contribution in [-0.4, -0.2) is 24.5 Å². The molecule has 0 saturated carbocycles. The van der Waals surface area contributed by atoms with Crippen LogP contribution < -0.4 is 9.04 Å². The highest BCUT2D eigenvalue weighted by Crippen LogP contribution is 2.44. The lowest BCUT2D eigenvalue weighted by Gasteiger charge is -2.24. The highest BCUT2D eigenvalue weighted by Gasteiger charge is 2.43. The number of fused-ring (bicyclic) bond motifs is 2. The first-order valence-electron chi connectivity index (χ1n) is 10.8. The van der Waals surface area contributed by atoms with Gasteiger partial charge in [-0.2, -0.15) is 0 Å². The van der Waals surface area contributed by atoms with Crippen molar-refractivity contribution in [2.24, 2.45) is 0 Å². The number of aliphatic carboxylic acids is 1. The van der Waals surface area contributed by atoms with Crippen molar-refractivity contribution in [1.82, 2.24) is 4.98 Å². The number of ether oxygens (including phenoxy) is 1. The van der Waals surface area contributed by atoms with Gasteiger partial charge in [-0.3, -0.25) is 14.1 Å². The number of aryl methyl sites for hydroxylation is 1. The molecule has 180 valence electrons. The Morgan fingerprint density at radius 1 is 1.03 bits per heavy atom. The number of hydrogen-bond acceptors (Lipinski definition) is 5. The molecule has 0 aliphatic carbocycles. The Hall–Kier alpha value is -3.91. The van der Waals surface area contributed by atoms with Crippen LogP contribution >= 0.6 is 0 Å². The van der Waals surface area contributed by atoms with Crippen molar-refractivity contribution in [2.75, 3.05) is 4.31 Å². The van der Waals surface area contributed by atoms with Crippen molar-refractivity contribution in [1.29, 1.82) is 0 Å². The van der Waals surface area contributed by atoms with Crippen LogP contribution in [0.3, 0.4) is 0 Å². The average Bonchev–Trinajstić information content (AvgIpc) is 3.04. The van der Waals surface area contributed by atoms with Gasteiger partial charge >= 0.3 is 5.97 Å². The number of sulfonamides is 1. The summed E-state index contributed by atoms with van der Waals surface area (Å²) in [7, 11) is -3.87. The van der Waals surface area contributed by atoms with E-state index in [1.54, 1.807) is 42.5 Å². The third-order valence-electron chi connectivity index (χ3n) is 5.88. The maximum atomic E-state index is 13.2. The van der Waals surface area contributed by atoms with Crippen LogP contribution in [0.5, 0.6) is 5.75 Å². The Bertz CT molecular complexity index is 1500. The lowest BCUT2D eigenvalue weighted by molar-refractivity contribution is -0.137. The predicted molar refractivity (Wildman–Crippen MR) is 135 cm³/mol. The van der Waals surface area contributed by atoms with E-state index in [2.05, 4.69) is 4.98 Å². The van der Waals surface area contributed by atoms with Crippen LogP contribution in [0.1, 0.15) is 36.7 Å². The average molecular weight is 491 g/mol. The standard InChI is InChI=1S/C26H22N2O5S.CH4/c1-17-14-18(21-6-2-4-8-23(21)27-17)16-33-20-12-10-19(11-13-20)28-24(15-26(29)30)22-7-3-5-9-25(22)34(28,31)32;/h2-14,24H,15-16H2,1H3,(H,29,30);1H4. The minimum atomic E-state index is -3.87. The fourth-order valence-corrected chi connectivity index (χ4v) is 6.32. The second-order valence-corrected chi connectivity index (χ2v) is 9.96. The molecule has 1 aromatic heterocycles. The summed E-state index contributed by atoms with van der Waals surface area (Å²) in [5.74, 6) is -0.493. The van der Waals surface area contributed by atoms with Crippen molar-refractivity contribution in [2.45, 2.75) is 38.3 Å². The van der Waals surface area contributed by atoms with E-state index in [1.807, 2.05) is 37.3 Å². The van der Waals surface area contributed by atoms with Gasteiger partial charge in [0.2, 0.25) is 0 Å². The van der Waals surface area contributed by atoms with Crippen LogP contribution in [0.25, 0.3) is 10.9 Å². The molecule has 0 radical (unpaired) electrons. The van der Waals surface area contributed by atoms with E-state index in [1.165, 1.54) is 10.4 Å². The molecule has 0 fully saturated rings. The Balaban J connectivity index is 0.00000289. The van der Waals surface area contributed by atoms with Gasteiger partial charge in [0.05, 0.1) is 28.6 Å². The molecule has 1 aliphatic rings. The fraction of sp³-hybridized carbons (Fsp3) is 0.185. The number of rotatable bonds is 6. The zero-order valence-electron chi connectivity index (χ0n) is 18.4. The van der Waals surface area contributed by atoms with Crippen LogP contribution in [-0.2, 0) is 21.4 Å². The Morgan fingerprint density at radius 3 is 2.46 bits per heavy atom. The number of carbonyl (C=O) groups is 1. The second kappa shape index (κ2) is 9.38. The summed E-state index contributed by atoms with van der Waals surface area (Å²) < 4.78 is 33.6. The van der Waals surface area contributed by atoms with Crippen molar-refractivity contribution in [3.05, 3.63) is 95.7 Å². The molecule has 0 spiro atoms. The molecule has 1 N–H and O–H groups in total. The highest BCUT2D eigenvalue weighted by molar-refractivity contribution is 7.93. The molecular weight excluding hydrogens is 464 g/mol. The summed E-state index contributed by atoms with van der Waals surface area (Å²) in [6.45, 7) is 2.27. The largest absolute Gasteiger partial charge is 0.489 e. The molecule has 0 saturated heterocycles. The van der Waals surface area contributed by atoms with E-state index in [0.717, 1.165) is 22.2 Å². The third-order valence-corrected chi connectivity index (χ3v) is 7.79. The number of hydrogen-bond donors (Lipinski definition) is 1. The zero-order valence-corrected chi connectivity index (χ0v) is 19.2. The lowest BCUT2D eigenvalue weighted by atomic mass is 10.0. The molecular formula is C27H26N2O5S. The van der Waals surface area contributed by atoms with Gasteiger partial charge in [-0.05, 0) is 55.0 Å². The topological polar surface area (TPSA) is 96.8 Å². The first kappa shape index (κ1) is 24.2. The number of nitrogens with zero attached hydrogens (tertiary/aromatic N) is 2. The molecule has 0 bridgehead atoms. The van der Waals surface area contributed by atoms with Gasteiger partial charge in [0.25, 0.3) is 10.0 Å². The minimum Gasteiger partial charge on any atom is -0.489 e. The third kappa shape index (κ3) is 4.44.